The van der Waals surface area contributed by atoms with Crippen molar-refractivity contribution in [2.75, 3.05) is 5.32 Å². The van der Waals surface area contributed by atoms with Crippen molar-refractivity contribution < 1.29 is 9.21 Å². The van der Waals surface area contributed by atoms with Gasteiger partial charge in [-0.25, -0.2) is 4.79 Å². The summed E-state index contributed by atoms with van der Waals surface area (Å²) in [5.74, 6) is -0.139. The van der Waals surface area contributed by atoms with Gasteiger partial charge < -0.3 is 15.1 Å². The Labute approximate surface area is 164 Å². The average Bonchev–Trinajstić information content (AvgIpc) is 2.62. The van der Waals surface area contributed by atoms with E-state index in [4.69, 9.17) is 4.42 Å². The van der Waals surface area contributed by atoms with E-state index in [9.17, 15) is 9.59 Å². The van der Waals surface area contributed by atoms with Crippen LogP contribution in [-0.4, -0.2) is 11.4 Å². The molecular formula is C23H26N2O3. The summed E-state index contributed by atoms with van der Waals surface area (Å²) < 4.78 is 5.44. The first-order chi connectivity index (χ1) is 13.2. The predicted octanol–water partition coefficient (Wildman–Crippen LogP) is 4.55. The van der Waals surface area contributed by atoms with Gasteiger partial charge >= 0.3 is 5.63 Å². The first kappa shape index (κ1) is 19.7. The third-order valence-electron chi connectivity index (χ3n) is 4.65. The number of carbonyl (C=O) groups excluding carboxylic acids is 1. The summed E-state index contributed by atoms with van der Waals surface area (Å²) in [4.78, 5) is 24.7. The maximum atomic E-state index is 12.6. The summed E-state index contributed by atoms with van der Waals surface area (Å²) in [6.07, 6.45) is 0. The Morgan fingerprint density at radius 3 is 2.50 bits per heavy atom. The molecule has 1 heterocycles. The molecule has 0 aliphatic rings. The van der Waals surface area contributed by atoms with Gasteiger partial charge in [0.1, 0.15) is 5.58 Å². The lowest BCUT2D eigenvalue weighted by Gasteiger charge is -2.22. The van der Waals surface area contributed by atoms with Crippen molar-refractivity contribution in [2.24, 2.45) is 0 Å². The third-order valence-corrected chi connectivity index (χ3v) is 4.65. The van der Waals surface area contributed by atoms with Gasteiger partial charge in [-0.2, -0.15) is 0 Å². The van der Waals surface area contributed by atoms with E-state index in [-0.39, 0.29) is 17.1 Å². The van der Waals surface area contributed by atoms with Crippen molar-refractivity contribution in [1.82, 2.24) is 5.32 Å². The van der Waals surface area contributed by atoms with Gasteiger partial charge in [-0.15, -0.1) is 0 Å². The monoisotopic (exact) mass is 378 g/mol. The lowest BCUT2D eigenvalue weighted by atomic mass is 10.0. The number of nitrogens with one attached hydrogen (secondary N) is 2. The molecule has 0 atom stereocenters. The standard InChI is InChI=1S/C23H26N2O3/c1-14-10-11-17-16(12-20(26)28-21(17)15(14)2)13-24-19-9-7-6-8-18(19)22(27)25-23(3,4)5/h6-12,24H,13H2,1-5H3,(H,25,27). The molecule has 28 heavy (non-hydrogen) atoms. The van der Waals surface area contributed by atoms with Gasteiger partial charge in [0.25, 0.3) is 5.91 Å². The van der Waals surface area contributed by atoms with Gasteiger partial charge in [0.2, 0.25) is 0 Å². The van der Waals surface area contributed by atoms with E-state index in [0.29, 0.717) is 17.7 Å². The molecule has 2 N–H and O–H groups in total. The van der Waals surface area contributed by atoms with Crippen LogP contribution in [0.1, 0.15) is 47.8 Å². The van der Waals surface area contributed by atoms with Crippen LogP contribution in [0.2, 0.25) is 0 Å². The summed E-state index contributed by atoms with van der Waals surface area (Å²) in [5, 5.41) is 7.19. The molecule has 5 heteroatoms. The number of hydrogen-bond donors (Lipinski definition) is 2. The van der Waals surface area contributed by atoms with E-state index in [1.165, 1.54) is 6.07 Å². The molecule has 0 saturated carbocycles. The van der Waals surface area contributed by atoms with Crippen molar-refractivity contribution in [2.45, 2.75) is 46.7 Å². The zero-order chi connectivity index (χ0) is 20.5. The molecule has 1 amide bonds. The molecule has 0 saturated heterocycles. The number of amides is 1. The number of benzene rings is 2. The molecule has 0 bridgehead atoms. The van der Waals surface area contributed by atoms with Crippen molar-refractivity contribution in [3.8, 4) is 0 Å². The Balaban J connectivity index is 1.93. The maximum absolute atomic E-state index is 12.6. The van der Waals surface area contributed by atoms with Gasteiger partial charge in [0.05, 0.1) is 5.56 Å². The van der Waals surface area contributed by atoms with Gasteiger partial charge in [-0.05, 0) is 63.4 Å². The normalized spacial score (nSPS) is 11.5. The van der Waals surface area contributed by atoms with Crippen LogP contribution in [0.4, 0.5) is 5.69 Å². The molecule has 5 nitrogen and oxygen atoms in total. The van der Waals surface area contributed by atoms with Crippen LogP contribution in [0.15, 0.2) is 51.7 Å². The lowest BCUT2D eigenvalue weighted by Crippen LogP contribution is -2.40. The zero-order valence-electron chi connectivity index (χ0n) is 17.0. The number of anilines is 1. The number of fused-ring (bicyclic) bond motifs is 1. The Kier molecular flexibility index (Phi) is 5.27. The fraction of sp³-hybridized carbons (Fsp3) is 0.304. The largest absolute Gasteiger partial charge is 0.422 e. The topological polar surface area (TPSA) is 71.3 Å². The highest BCUT2D eigenvalue weighted by Crippen LogP contribution is 2.24. The minimum atomic E-state index is -0.378. The second kappa shape index (κ2) is 7.50. The van der Waals surface area contributed by atoms with Gasteiger partial charge in [-0.1, -0.05) is 24.3 Å². The lowest BCUT2D eigenvalue weighted by molar-refractivity contribution is 0.0920. The molecule has 0 unspecified atom stereocenters. The van der Waals surface area contributed by atoms with Gasteiger partial charge in [0, 0.05) is 29.2 Å². The number of para-hydroxylation sites is 1. The van der Waals surface area contributed by atoms with Crippen LogP contribution >= 0.6 is 0 Å². The van der Waals surface area contributed by atoms with Crippen LogP contribution in [0.5, 0.6) is 0 Å². The zero-order valence-corrected chi connectivity index (χ0v) is 17.0. The van der Waals surface area contributed by atoms with E-state index in [1.54, 1.807) is 6.07 Å². The second-order valence-electron chi connectivity index (χ2n) is 8.08. The smallest absolute Gasteiger partial charge is 0.336 e. The molecule has 0 radical (unpaired) electrons. The van der Waals surface area contributed by atoms with E-state index in [1.807, 2.05) is 65.0 Å². The fourth-order valence-corrected chi connectivity index (χ4v) is 3.10. The molecular weight excluding hydrogens is 352 g/mol. The van der Waals surface area contributed by atoms with E-state index >= 15 is 0 Å². The van der Waals surface area contributed by atoms with Crippen LogP contribution in [0.3, 0.4) is 0 Å². The number of carbonyl (C=O) groups is 1. The van der Waals surface area contributed by atoms with Crippen LogP contribution < -0.4 is 16.3 Å². The van der Waals surface area contributed by atoms with E-state index in [2.05, 4.69) is 10.6 Å². The van der Waals surface area contributed by atoms with Crippen molar-refractivity contribution in [3.05, 3.63) is 75.1 Å². The molecule has 0 fully saturated rings. The molecule has 0 spiro atoms. The highest BCUT2D eigenvalue weighted by Gasteiger charge is 2.18. The third kappa shape index (κ3) is 4.25. The highest BCUT2D eigenvalue weighted by atomic mass is 16.4. The molecule has 146 valence electrons. The highest BCUT2D eigenvalue weighted by molar-refractivity contribution is 6.00. The fourth-order valence-electron chi connectivity index (χ4n) is 3.10. The SMILES string of the molecule is Cc1ccc2c(CNc3ccccc3C(=O)NC(C)(C)C)cc(=O)oc2c1C. The molecule has 0 aliphatic carbocycles. The molecule has 3 rings (SSSR count). The maximum Gasteiger partial charge on any atom is 0.336 e. The summed E-state index contributed by atoms with van der Waals surface area (Å²) in [6.45, 7) is 10.2. The average molecular weight is 378 g/mol. The summed E-state index contributed by atoms with van der Waals surface area (Å²) in [6, 6.07) is 12.8. The minimum Gasteiger partial charge on any atom is -0.422 e. The minimum absolute atomic E-state index is 0.139. The van der Waals surface area contributed by atoms with E-state index < -0.39 is 0 Å². The summed E-state index contributed by atoms with van der Waals surface area (Å²) in [7, 11) is 0. The van der Waals surface area contributed by atoms with Gasteiger partial charge in [-0.3, -0.25) is 4.79 Å². The summed E-state index contributed by atoms with van der Waals surface area (Å²) >= 11 is 0. The van der Waals surface area contributed by atoms with Crippen molar-refractivity contribution >= 4 is 22.6 Å². The van der Waals surface area contributed by atoms with Crippen LogP contribution in [0.25, 0.3) is 11.0 Å². The first-order valence-corrected chi connectivity index (χ1v) is 9.34. The molecule has 2 aromatic carbocycles. The Morgan fingerprint density at radius 1 is 1.07 bits per heavy atom. The number of aryl methyl sites for hydroxylation is 2. The number of hydrogen-bond acceptors (Lipinski definition) is 4. The predicted molar refractivity (Wildman–Crippen MR) is 113 cm³/mol. The summed E-state index contributed by atoms with van der Waals surface area (Å²) in [5.41, 5.74) is 4.06. The van der Waals surface area contributed by atoms with Crippen molar-refractivity contribution in [3.63, 3.8) is 0 Å². The van der Waals surface area contributed by atoms with E-state index in [0.717, 1.165) is 27.8 Å². The molecule has 1 aromatic heterocycles. The quantitative estimate of drug-likeness (QED) is 0.654. The number of rotatable bonds is 4. The Hall–Kier alpha value is -3.08. The second-order valence-corrected chi connectivity index (χ2v) is 8.08. The van der Waals surface area contributed by atoms with Crippen LogP contribution in [0, 0.1) is 13.8 Å². The Bertz CT molecular complexity index is 1090. The molecule has 0 aliphatic heterocycles. The van der Waals surface area contributed by atoms with Crippen molar-refractivity contribution in [1.29, 1.82) is 0 Å². The Morgan fingerprint density at radius 2 is 1.79 bits per heavy atom. The van der Waals surface area contributed by atoms with Crippen LogP contribution in [-0.2, 0) is 6.54 Å². The molecule has 3 aromatic rings. The van der Waals surface area contributed by atoms with Gasteiger partial charge in [0.15, 0.2) is 0 Å². The first-order valence-electron chi connectivity index (χ1n) is 9.34.